The van der Waals surface area contributed by atoms with E-state index in [-0.39, 0.29) is 16.0 Å². The molecule has 1 fully saturated rings. The number of anilines is 3. The van der Waals surface area contributed by atoms with Crippen LogP contribution >= 0.6 is 0 Å². The van der Waals surface area contributed by atoms with Crippen LogP contribution in [0, 0.1) is 6.92 Å². The van der Waals surface area contributed by atoms with E-state index in [0.717, 1.165) is 11.1 Å². The molecule has 0 radical (unpaired) electrons. The van der Waals surface area contributed by atoms with Crippen LogP contribution in [0.4, 0.5) is 22.1 Å². The molecule has 11 nitrogen and oxygen atoms in total. The molecule has 44 heavy (non-hydrogen) atoms. The average molecular weight is 604 g/mol. The highest BCUT2D eigenvalue weighted by Crippen LogP contribution is 2.25. The van der Waals surface area contributed by atoms with Crippen molar-refractivity contribution < 1.29 is 30.0 Å². The Labute approximate surface area is 268 Å². The molecular formula is C33H37N7O4. The second kappa shape index (κ2) is 14.5. The molecular weight excluding hydrogens is 558 g/mol. The lowest BCUT2D eigenvalue weighted by Crippen LogP contribution is -2.46. The van der Waals surface area contributed by atoms with Crippen molar-refractivity contribution in [1.82, 2.24) is 24.8 Å². The summed E-state index contributed by atoms with van der Waals surface area (Å²) < 4.78 is 78.1. The van der Waals surface area contributed by atoms with Gasteiger partial charge in [0.25, 0.3) is 5.91 Å². The van der Waals surface area contributed by atoms with Gasteiger partial charge in [0.05, 0.1) is 11.8 Å². The fourth-order valence-corrected chi connectivity index (χ4v) is 3.98. The van der Waals surface area contributed by atoms with Gasteiger partial charge in [0.2, 0.25) is 5.95 Å². The number of aromatic nitrogens is 3. The number of hydrogen-bond acceptors (Lipinski definition) is 10. The summed E-state index contributed by atoms with van der Waals surface area (Å²) in [6.45, 7) is -9.36. The lowest BCUT2D eigenvalue weighted by atomic mass is 10.1. The molecule has 0 unspecified atom stereocenters. The first kappa shape index (κ1) is 21.8. The van der Waals surface area contributed by atoms with E-state index in [9.17, 15) is 9.59 Å². The summed E-state index contributed by atoms with van der Waals surface area (Å²) in [6, 6.07) is 16.5. The predicted octanol–water partition coefficient (Wildman–Crippen LogP) is 5.48. The zero-order valence-corrected chi connectivity index (χ0v) is 24.4. The molecule has 0 atom stereocenters. The number of amides is 1. The minimum atomic E-state index is -3.18. The first-order chi connectivity index (χ1) is 24.3. The van der Waals surface area contributed by atoms with Gasteiger partial charge in [-0.15, -0.1) is 0 Å². The summed E-state index contributed by atoms with van der Waals surface area (Å²) in [5.41, 5.74) is 3.99. The van der Waals surface area contributed by atoms with Crippen LogP contribution in [-0.4, -0.2) is 75.6 Å². The van der Waals surface area contributed by atoms with Crippen LogP contribution in [0.2, 0.25) is 0 Å². The molecule has 1 amide bonds. The van der Waals surface area contributed by atoms with Gasteiger partial charge in [0.15, 0.2) is 0 Å². The number of benzene rings is 2. The number of piperazine rings is 1. The average Bonchev–Trinajstić information content (AvgIpc) is 3.08. The zero-order chi connectivity index (χ0) is 38.1. The smallest absolute Gasteiger partial charge is 0.432 e. The normalized spacial score (nSPS) is 21.1. The number of carbonyl (C=O) groups excluding carboxylic acids is 2. The fraction of sp³-hybridized carbons (Fsp3) is 0.303. The van der Waals surface area contributed by atoms with Gasteiger partial charge in [-0.1, -0.05) is 18.2 Å². The van der Waals surface area contributed by atoms with E-state index in [1.807, 2.05) is 25.1 Å². The van der Waals surface area contributed by atoms with Crippen molar-refractivity contribution in [2.75, 3.05) is 43.4 Å². The van der Waals surface area contributed by atoms with Gasteiger partial charge in [-0.05, 0) is 74.4 Å². The number of nitrogens with zero attached hydrogens (tertiary/aromatic N) is 5. The molecule has 4 aromatic rings. The molecule has 0 bridgehead atoms. The van der Waals surface area contributed by atoms with Crippen LogP contribution in [-0.2, 0) is 16.0 Å². The van der Waals surface area contributed by atoms with Gasteiger partial charge in [0.1, 0.15) is 6.73 Å². The molecule has 2 N–H and O–H groups in total. The van der Waals surface area contributed by atoms with Crippen LogP contribution < -0.4 is 10.6 Å². The Bertz CT molecular complexity index is 1890. The molecule has 0 spiro atoms. The molecule has 3 heterocycles. The van der Waals surface area contributed by atoms with E-state index in [0.29, 0.717) is 27.9 Å². The maximum atomic E-state index is 13.2. The van der Waals surface area contributed by atoms with Gasteiger partial charge >= 0.3 is 6.16 Å². The SMILES string of the molecule is [2H]C1([2H])N(COC(=O)OC(C)C)C([2H])([2H])C([2H])([2H])N(Cc2ccc(C(=O)Nc3ccc(C)c(Nc4nccc(-c5cccnc5)n4)c3)cc2)C1([2H])[2H]. The van der Waals surface area contributed by atoms with Crippen molar-refractivity contribution in [3.63, 3.8) is 0 Å². The first-order valence-corrected chi connectivity index (χ1v) is 13.7. The van der Waals surface area contributed by atoms with Crippen molar-refractivity contribution in [1.29, 1.82) is 0 Å². The molecule has 2 aromatic carbocycles. The molecule has 228 valence electrons. The highest BCUT2D eigenvalue weighted by molar-refractivity contribution is 6.04. The standard InChI is InChI=1S/C33H37N7O4/c1-23(2)44-33(42)43-22-40-17-15-39(16-18-40)21-25-7-9-26(10-8-25)31(41)36-28-11-6-24(3)30(19-28)38-32-35-14-12-29(37-32)27-5-4-13-34-20-27/h4-14,19-20,23H,15-18,21-22H2,1-3H3,(H,36,41)(H,35,37,38)/i15D2,16D2,17D2,18D2. The van der Waals surface area contributed by atoms with Crippen molar-refractivity contribution in [2.24, 2.45) is 0 Å². The zero-order valence-electron chi connectivity index (χ0n) is 32.4. The number of carbonyl (C=O) groups is 2. The Kier molecular flexibility index (Phi) is 7.19. The van der Waals surface area contributed by atoms with Crippen molar-refractivity contribution in [3.05, 3.63) is 95.9 Å². The predicted molar refractivity (Wildman–Crippen MR) is 169 cm³/mol. The largest absolute Gasteiger partial charge is 0.509 e. The third-order valence-corrected chi connectivity index (χ3v) is 6.19. The topological polar surface area (TPSA) is 122 Å². The highest BCUT2D eigenvalue weighted by Gasteiger charge is 2.19. The summed E-state index contributed by atoms with van der Waals surface area (Å²) >= 11 is 0. The number of rotatable bonds is 10. The Morgan fingerprint density at radius 2 is 1.77 bits per heavy atom. The molecule has 1 aliphatic rings. The van der Waals surface area contributed by atoms with E-state index in [1.54, 1.807) is 36.8 Å². The van der Waals surface area contributed by atoms with Crippen LogP contribution in [0.1, 0.15) is 46.3 Å². The van der Waals surface area contributed by atoms with Gasteiger partial charge < -0.3 is 20.1 Å². The van der Waals surface area contributed by atoms with E-state index in [2.05, 4.69) is 25.6 Å². The van der Waals surface area contributed by atoms with Gasteiger partial charge in [-0.2, -0.15) is 0 Å². The Hall–Kier alpha value is -4.87. The van der Waals surface area contributed by atoms with E-state index in [4.69, 9.17) is 20.4 Å². The molecule has 0 saturated carbocycles. The maximum absolute atomic E-state index is 13.2. The van der Waals surface area contributed by atoms with E-state index < -0.39 is 57.4 Å². The minimum absolute atomic E-state index is 0.185. The molecule has 11 heteroatoms. The Balaban J connectivity index is 1.28. The maximum Gasteiger partial charge on any atom is 0.509 e. The third-order valence-electron chi connectivity index (χ3n) is 6.19. The third kappa shape index (κ3) is 8.59. The second-order valence-corrected chi connectivity index (χ2v) is 9.96. The van der Waals surface area contributed by atoms with Crippen LogP contribution in [0.25, 0.3) is 11.3 Å². The summed E-state index contributed by atoms with van der Waals surface area (Å²) in [6.07, 6.45) is 3.16. The molecule has 1 aliphatic heterocycles. The molecule has 5 rings (SSSR count). The Morgan fingerprint density at radius 1 is 1.00 bits per heavy atom. The molecule has 2 aromatic heterocycles. The summed E-state index contributed by atoms with van der Waals surface area (Å²) in [5.74, 6) is -0.126. The highest BCUT2D eigenvalue weighted by atomic mass is 16.7. The van der Waals surface area contributed by atoms with Crippen LogP contribution in [0.5, 0.6) is 0 Å². The first-order valence-electron chi connectivity index (χ1n) is 17.7. The van der Waals surface area contributed by atoms with Crippen molar-refractivity contribution in [2.45, 2.75) is 33.4 Å². The minimum Gasteiger partial charge on any atom is -0.432 e. The van der Waals surface area contributed by atoms with Crippen molar-refractivity contribution in [3.8, 4) is 11.3 Å². The van der Waals surface area contributed by atoms with Gasteiger partial charge in [-0.3, -0.25) is 19.6 Å². The molecule has 1 saturated heterocycles. The van der Waals surface area contributed by atoms with Crippen LogP contribution in [0.15, 0.2) is 79.3 Å². The number of nitrogens with one attached hydrogen (secondary N) is 2. The lowest BCUT2D eigenvalue weighted by molar-refractivity contribution is -0.0138. The van der Waals surface area contributed by atoms with Crippen LogP contribution in [0.3, 0.4) is 0 Å². The van der Waals surface area contributed by atoms with E-state index in [1.165, 1.54) is 38.1 Å². The number of ether oxygens (including phenoxy) is 2. The molecule has 0 aliphatic carbocycles. The summed E-state index contributed by atoms with van der Waals surface area (Å²) in [4.78, 5) is 38.7. The number of aryl methyl sites for hydroxylation is 1. The number of pyridine rings is 1. The lowest BCUT2D eigenvalue weighted by Gasteiger charge is -2.34. The van der Waals surface area contributed by atoms with Gasteiger partial charge in [-0.25, -0.2) is 14.8 Å². The van der Waals surface area contributed by atoms with Crippen molar-refractivity contribution >= 4 is 29.4 Å². The second-order valence-electron chi connectivity index (χ2n) is 9.96. The fourth-order valence-electron chi connectivity index (χ4n) is 3.98. The summed E-state index contributed by atoms with van der Waals surface area (Å²) in [7, 11) is 0. The Morgan fingerprint density at radius 3 is 2.50 bits per heavy atom. The quantitative estimate of drug-likeness (QED) is 0.225. The number of hydrogen-bond donors (Lipinski definition) is 2. The summed E-state index contributed by atoms with van der Waals surface area (Å²) in [5, 5.41) is 6.01. The van der Waals surface area contributed by atoms with E-state index >= 15 is 0 Å². The van der Waals surface area contributed by atoms with Gasteiger partial charge in [0, 0.05) is 84.6 Å². The monoisotopic (exact) mass is 603 g/mol.